The number of carbonyl (C=O) groups is 1. The van der Waals surface area contributed by atoms with E-state index in [1.165, 1.54) is 244 Å². The van der Waals surface area contributed by atoms with Crippen molar-refractivity contribution < 1.29 is 32.9 Å². The Hall–Kier alpha value is -1.28. The minimum atomic E-state index is -4.61. The number of phosphoric acid groups is 1. The zero-order valence-electron chi connectivity index (χ0n) is 47.9. The van der Waals surface area contributed by atoms with E-state index in [1.54, 1.807) is 6.08 Å². The molecule has 420 valence electrons. The number of amides is 1. The molecule has 71 heavy (non-hydrogen) atoms. The summed E-state index contributed by atoms with van der Waals surface area (Å²) in [6, 6.07) is -0.903. The van der Waals surface area contributed by atoms with Crippen LogP contribution in [0.15, 0.2) is 36.5 Å². The monoisotopic (exact) mass is 1020 g/mol. The molecule has 0 aromatic heterocycles. The van der Waals surface area contributed by atoms with E-state index >= 15 is 0 Å². The minimum absolute atomic E-state index is 0.00529. The average Bonchev–Trinajstić information content (AvgIpc) is 3.33. The molecule has 0 aromatic rings. The summed E-state index contributed by atoms with van der Waals surface area (Å²) >= 11 is 0. The molecule has 3 unspecified atom stereocenters. The fourth-order valence-electron chi connectivity index (χ4n) is 9.23. The highest BCUT2D eigenvalue weighted by Crippen LogP contribution is 2.38. The largest absolute Gasteiger partial charge is 0.756 e. The number of likely N-dealkylation sites (N-methyl/N-ethyl adjacent to an activating group) is 1. The number of nitrogens with one attached hydrogen (secondary N) is 1. The van der Waals surface area contributed by atoms with Crippen molar-refractivity contribution in [1.29, 1.82) is 0 Å². The van der Waals surface area contributed by atoms with Crippen LogP contribution >= 0.6 is 7.82 Å². The SMILES string of the molecule is CCCCCCCCCCCCCC/C=C\CCCCCCCCCCCCCCCC(=O)NC(COP(=O)([O-])OCC[N+](C)(C)C)C(O)/C=C/CC/C=C/CCCCCCCCCCCCCCCC. The van der Waals surface area contributed by atoms with Crippen molar-refractivity contribution in [2.45, 2.75) is 315 Å². The second-order valence-corrected chi connectivity index (χ2v) is 23.8. The predicted molar refractivity (Wildman–Crippen MR) is 307 cm³/mol. The van der Waals surface area contributed by atoms with Crippen LogP contribution in [0.25, 0.3) is 0 Å². The van der Waals surface area contributed by atoms with Crippen LogP contribution in [0.1, 0.15) is 303 Å². The zero-order valence-corrected chi connectivity index (χ0v) is 48.8. The van der Waals surface area contributed by atoms with Gasteiger partial charge in [-0.1, -0.05) is 275 Å². The van der Waals surface area contributed by atoms with E-state index in [4.69, 9.17) is 9.05 Å². The molecule has 3 atom stereocenters. The number of carbonyl (C=O) groups excluding carboxylic acids is 1. The van der Waals surface area contributed by atoms with Crippen molar-refractivity contribution in [2.75, 3.05) is 40.9 Å². The molecule has 8 nitrogen and oxygen atoms in total. The first-order chi connectivity index (χ1) is 34.5. The van der Waals surface area contributed by atoms with Gasteiger partial charge in [0.2, 0.25) is 5.91 Å². The highest BCUT2D eigenvalue weighted by atomic mass is 31.2. The standard InChI is InChI=1S/C62H121N2O6P/c1-6-8-10-12-14-16-18-20-22-24-26-28-29-30-31-32-33-34-35-36-38-40-42-44-46-48-50-52-54-56-62(66)63-60(59-70-71(67,68)69-58-57-64(3,4)5)61(65)55-53-51-49-47-45-43-41-39-37-27-25-23-21-19-17-15-13-11-9-7-2/h30-31,45,47,53,55,60-61,65H,6-29,32-44,46,48-52,54,56-59H2,1-5H3,(H-,63,66,67,68)/b31-30-,47-45+,55-53+. The molecule has 0 rings (SSSR count). The maximum absolute atomic E-state index is 13.0. The summed E-state index contributed by atoms with van der Waals surface area (Å²) in [5.41, 5.74) is 0. The number of hydrogen-bond acceptors (Lipinski definition) is 6. The summed E-state index contributed by atoms with van der Waals surface area (Å²) in [5.74, 6) is -0.203. The molecular weight excluding hydrogens is 900 g/mol. The summed E-state index contributed by atoms with van der Waals surface area (Å²) in [5, 5.41) is 13.9. The van der Waals surface area contributed by atoms with E-state index in [-0.39, 0.29) is 12.5 Å². The Bertz CT molecular complexity index is 1250. The van der Waals surface area contributed by atoms with E-state index in [2.05, 4.69) is 43.5 Å². The molecule has 0 aliphatic rings. The number of phosphoric ester groups is 1. The van der Waals surface area contributed by atoms with Gasteiger partial charge >= 0.3 is 0 Å². The van der Waals surface area contributed by atoms with Crippen molar-refractivity contribution in [3.05, 3.63) is 36.5 Å². The van der Waals surface area contributed by atoms with Gasteiger partial charge in [-0.25, -0.2) is 0 Å². The topological polar surface area (TPSA) is 108 Å². The number of hydrogen-bond donors (Lipinski definition) is 2. The van der Waals surface area contributed by atoms with Gasteiger partial charge in [-0.05, 0) is 57.8 Å². The normalized spacial score (nSPS) is 14.1. The van der Waals surface area contributed by atoms with Crippen molar-refractivity contribution in [2.24, 2.45) is 0 Å². The van der Waals surface area contributed by atoms with Gasteiger partial charge in [-0.3, -0.25) is 9.36 Å². The Kier molecular flexibility index (Phi) is 52.6. The van der Waals surface area contributed by atoms with Gasteiger partial charge in [0, 0.05) is 6.42 Å². The van der Waals surface area contributed by atoms with Crippen LogP contribution < -0.4 is 10.2 Å². The lowest BCUT2D eigenvalue weighted by Gasteiger charge is -2.29. The van der Waals surface area contributed by atoms with Crippen LogP contribution in [0.4, 0.5) is 0 Å². The van der Waals surface area contributed by atoms with Crippen LogP contribution in [-0.4, -0.2) is 68.5 Å². The molecule has 9 heteroatoms. The van der Waals surface area contributed by atoms with Gasteiger partial charge in [0.05, 0.1) is 39.9 Å². The number of rotatable bonds is 57. The molecule has 0 heterocycles. The van der Waals surface area contributed by atoms with Crippen molar-refractivity contribution >= 4 is 13.7 Å². The third kappa shape index (κ3) is 56.3. The number of aliphatic hydroxyl groups excluding tert-OH is 1. The van der Waals surface area contributed by atoms with E-state index in [0.29, 0.717) is 17.4 Å². The third-order valence-electron chi connectivity index (χ3n) is 14.1. The molecule has 0 spiro atoms. The number of quaternary nitrogens is 1. The van der Waals surface area contributed by atoms with Gasteiger partial charge in [-0.2, -0.15) is 0 Å². The Labute approximate surface area is 442 Å². The number of nitrogens with zero attached hydrogens (tertiary/aromatic N) is 1. The van der Waals surface area contributed by atoms with Crippen LogP contribution in [0.3, 0.4) is 0 Å². The summed E-state index contributed by atoms with van der Waals surface area (Å²) < 4.78 is 23.4. The second-order valence-electron chi connectivity index (χ2n) is 22.4. The molecule has 1 amide bonds. The summed E-state index contributed by atoms with van der Waals surface area (Å²) in [4.78, 5) is 25.5. The Balaban J connectivity index is 4.15. The Morgan fingerprint density at radius 1 is 0.479 bits per heavy atom. The lowest BCUT2D eigenvalue weighted by Crippen LogP contribution is -2.45. The van der Waals surface area contributed by atoms with Crippen LogP contribution in [0, 0.1) is 0 Å². The fourth-order valence-corrected chi connectivity index (χ4v) is 9.95. The maximum Gasteiger partial charge on any atom is 0.268 e. The lowest BCUT2D eigenvalue weighted by molar-refractivity contribution is -0.870. The molecule has 0 bridgehead atoms. The second kappa shape index (κ2) is 53.5. The lowest BCUT2D eigenvalue weighted by atomic mass is 10.0. The average molecular weight is 1020 g/mol. The quantitative estimate of drug-likeness (QED) is 0.0272. The van der Waals surface area contributed by atoms with Crippen LogP contribution in [0.2, 0.25) is 0 Å². The first-order valence-electron chi connectivity index (χ1n) is 30.9. The molecule has 0 radical (unpaired) electrons. The van der Waals surface area contributed by atoms with Gasteiger partial charge in [0.1, 0.15) is 13.2 Å². The Morgan fingerprint density at radius 2 is 0.789 bits per heavy atom. The van der Waals surface area contributed by atoms with E-state index < -0.39 is 26.6 Å². The minimum Gasteiger partial charge on any atom is -0.756 e. The fraction of sp³-hybridized carbons (Fsp3) is 0.887. The van der Waals surface area contributed by atoms with Gasteiger partial charge in [-0.15, -0.1) is 0 Å². The first kappa shape index (κ1) is 69.7. The molecule has 0 aliphatic heterocycles. The molecule has 2 N–H and O–H groups in total. The number of unbranched alkanes of at least 4 members (excludes halogenated alkanes) is 40. The van der Waals surface area contributed by atoms with Gasteiger partial charge < -0.3 is 28.8 Å². The number of allylic oxidation sites excluding steroid dienone is 5. The van der Waals surface area contributed by atoms with Crippen molar-refractivity contribution in [1.82, 2.24) is 5.32 Å². The summed E-state index contributed by atoms with van der Waals surface area (Å²) in [7, 11) is 1.25. The van der Waals surface area contributed by atoms with E-state index in [0.717, 1.165) is 38.5 Å². The third-order valence-corrected chi connectivity index (χ3v) is 15.0. The van der Waals surface area contributed by atoms with E-state index in [1.807, 2.05) is 27.2 Å². The molecular formula is C62H121N2O6P. The molecule has 0 aromatic carbocycles. The summed E-state index contributed by atoms with van der Waals surface area (Å²) in [6.07, 6.45) is 69.5. The highest BCUT2D eigenvalue weighted by Gasteiger charge is 2.23. The Morgan fingerprint density at radius 3 is 1.14 bits per heavy atom. The van der Waals surface area contributed by atoms with Crippen LogP contribution in [0.5, 0.6) is 0 Å². The molecule has 0 aliphatic carbocycles. The maximum atomic E-state index is 13.0. The molecule has 0 fully saturated rings. The highest BCUT2D eigenvalue weighted by molar-refractivity contribution is 7.45. The smallest absolute Gasteiger partial charge is 0.268 e. The van der Waals surface area contributed by atoms with Crippen molar-refractivity contribution in [3.8, 4) is 0 Å². The number of aliphatic hydroxyl groups is 1. The van der Waals surface area contributed by atoms with E-state index in [9.17, 15) is 19.4 Å². The summed E-state index contributed by atoms with van der Waals surface area (Å²) in [6.45, 7) is 4.67. The zero-order chi connectivity index (χ0) is 52.0. The van der Waals surface area contributed by atoms with Gasteiger partial charge in [0.25, 0.3) is 7.82 Å². The molecule has 0 saturated carbocycles. The predicted octanol–water partition coefficient (Wildman–Crippen LogP) is 18.3. The van der Waals surface area contributed by atoms with Crippen LogP contribution in [-0.2, 0) is 18.4 Å². The van der Waals surface area contributed by atoms with Gasteiger partial charge in [0.15, 0.2) is 0 Å². The first-order valence-corrected chi connectivity index (χ1v) is 32.3. The molecule has 0 saturated heterocycles. The van der Waals surface area contributed by atoms with Crippen molar-refractivity contribution in [3.63, 3.8) is 0 Å².